The van der Waals surface area contributed by atoms with Crippen LogP contribution in [0.15, 0.2) is 47.4 Å². The smallest absolute Gasteiger partial charge is 0.407 e. The zero-order valence-electron chi connectivity index (χ0n) is 26.4. The van der Waals surface area contributed by atoms with Crippen LogP contribution in [0.4, 0.5) is 4.79 Å². The molecule has 258 valence electrons. The number of aliphatic carboxylic acids is 1. The fraction of sp³-hybridized carbons (Fsp3) is 0.562. The van der Waals surface area contributed by atoms with Crippen molar-refractivity contribution in [3.8, 4) is 17.2 Å². The second-order valence-corrected chi connectivity index (χ2v) is 14.1. The van der Waals surface area contributed by atoms with Gasteiger partial charge in [0.1, 0.15) is 11.9 Å². The van der Waals surface area contributed by atoms with Crippen molar-refractivity contribution in [3.63, 3.8) is 0 Å². The number of carbonyl (C=O) groups is 2. The van der Waals surface area contributed by atoms with Crippen LogP contribution >= 0.6 is 0 Å². The molecule has 0 unspecified atom stereocenters. The summed E-state index contributed by atoms with van der Waals surface area (Å²) in [4.78, 5) is 23.9. The van der Waals surface area contributed by atoms with Crippen LogP contribution in [0.2, 0.25) is 0 Å². The maximum atomic E-state index is 13.9. The topological polar surface area (TPSA) is 179 Å². The number of benzene rings is 2. The largest absolute Gasteiger partial charge is 0.494 e. The number of hydrogen-bond donors (Lipinski definition) is 3. The molecule has 3 aliphatic heterocycles. The monoisotopic (exact) mass is 678 g/mol. The third-order valence-corrected chi connectivity index (χ3v) is 9.96. The number of aliphatic hydroxyl groups is 1. The first kappa shape index (κ1) is 34.7. The molecule has 0 spiro atoms. The lowest BCUT2D eigenvalue weighted by Crippen LogP contribution is -2.51. The number of alkyl carbamates (subject to hydrolysis) is 1. The number of ether oxygens (including phenoxy) is 6. The normalized spacial score (nSPS) is 21.4. The third kappa shape index (κ3) is 9.05. The molecule has 0 saturated carbocycles. The lowest BCUT2D eigenvalue weighted by molar-refractivity contribution is -0.137. The van der Waals surface area contributed by atoms with Gasteiger partial charge >= 0.3 is 12.1 Å². The molecule has 1 amide bonds. The van der Waals surface area contributed by atoms with Crippen LogP contribution in [-0.2, 0) is 35.4 Å². The summed E-state index contributed by atoms with van der Waals surface area (Å²) in [5.41, 5.74) is 0.731. The van der Waals surface area contributed by atoms with E-state index in [0.29, 0.717) is 36.7 Å². The predicted molar refractivity (Wildman–Crippen MR) is 166 cm³/mol. The quantitative estimate of drug-likeness (QED) is 0.222. The van der Waals surface area contributed by atoms with Gasteiger partial charge in [0, 0.05) is 25.6 Å². The lowest BCUT2D eigenvalue weighted by atomic mass is 10.0. The van der Waals surface area contributed by atoms with Gasteiger partial charge in [0.2, 0.25) is 16.8 Å². The first-order chi connectivity index (χ1) is 22.5. The molecule has 0 radical (unpaired) electrons. The molecule has 3 aliphatic rings. The summed E-state index contributed by atoms with van der Waals surface area (Å²) in [5.74, 6) is 0.249. The fourth-order valence-corrected chi connectivity index (χ4v) is 7.38. The Hall–Kier alpha value is -3.63. The van der Waals surface area contributed by atoms with E-state index in [1.807, 2.05) is 13.8 Å². The molecule has 47 heavy (non-hydrogen) atoms. The predicted octanol–water partition coefficient (Wildman–Crippen LogP) is 2.77. The SMILES string of the molecule is CC(C)CN(C[C@@H](O)[C@H](Cc1ccc(OCCCC(=O)O)cc1)NC(=O)O[C@H]1CO[C@@H]2OCC[C@H]21)S(=O)(=O)c1ccc2c(c1)OCO2. The molecule has 5 atom stereocenters. The minimum atomic E-state index is -4.09. The molecular formula is C32H42N2O12S. The standard InChI is InChI=1S/C32H42N2O12S/c1-20(2)16-34(47(39,40)23-9-10-27-28(15-23)45-19-44-27)17-26(35)25(33-32(38)46-29-18-43-31-24(29)11-13-42-31)14-21-5-7-22(8-6-21)41-12-3-4-30(36)37/h5-10,15,20,24-26,29,31,35H,3-4,11-14,16-19H2,1-2H3,(H,33,38)(H,36,37)/t24-,25-,26+,29-,31-/m0/s1. The van der Waals surface area contributed by atoms with E-state index in [1.165, 1.54) is 22.5 Å². The van der Waals surface area contributed by atoms with E-state index < -0.39 is 46.6 Å². The summed E-state index contributed by atoms with van der Waals surface area (Å²) in [6.45, 7) is 4.49. The molecule has 2 fully saturated rings. The average molecular weight is 679 g/mol. The summed E-state index contributed by atoms with van der Waals surface area (Å²) in [5, 5.41) is 23.2. The molecule has 3 N–H and O–H groups in total. The number of hydrogen-bond acceptors (Lipinski definition) is 11. The van der Waals surface area contributed by atoms with Gasteiger partial charge in [-0.25, -0.2) is 13.2 Å². The second kappa shape index (κ2) is 15.5. The molecule has 14 nitrogen and oxygen atoms in total. The van der Waals surface area contributed by atoms with Crippen LogP contribution in [0.5, 0.6) is 17.2 Å². The van der Waals surface area contributed by atoms with E-state index in [2.05, 4.69) is 5.32 Å². The van der Waals surface area contributed by atoms with Crippen molar-refractivity contribution >= 4 is 22.1 Å². The summed E-state index contributed by atoms with van der Waals surface area (Å²) in [6, 6.07) is 10.4. The molecule has 0 aromatic heterocycles. The third-order valence-electron chi connectivity index (χ3n) is 8.14. The summed E-state index contributed by atoms with van der Waals surface area (Å²) < 4.78 is 62.1. The molecule has 2 aromatic carbocycles. The molecule has 15 heteroatoms. The fourth-order valence-electron chi connectivity index (χ4n) is 5.74. The highest BCUT2D eigenvalue weighted by molar-refractivity contribution is 7.89. The Labute approximate surface area is 273 Å². The number of amides is 1. The van der Waals surface area contributed by atoms with Crippen molar-refractivity contribution in [1.82, 2.24) is 9.62 Å². The van der Waals surface area contributed by atoms with E-state index in [-0.39, 0.29) is 62.7 Å². The highest BCUT2D eigenvalue weighted by Gasteiger charge is 2.44. The maximum absolute atomic E-state index is 13.9. The Bertz CT molecular complexity index is 1490. The number of carboxylic acids is 1. The van der Waals surface area contributed by atoms with E-state index in [4.69, 9.17) is 33.5 Å². The number of fused-ring (bicyclic) bond motifs is 2. The number of nitrogens with zero attached hydrogens (tertiary/aromatic N) is 1. The zero-order chi connectivity index (χ0) is 33.6. The van der Waals surface area contributed by atoms with Gasteiger partial charge in [-0.05, 0) is 55.0 Å². The van der Waals surface area contributed by atoms with Crippen molar-refractivity contribution in [2.24, 2.45) is 11.8 Å². The summed E-state index contributed by atoms with van der Waals surface area (Å²) in [7, 11) is -4.09. The van der Waals surface area contributed by atoms with Gasteiger partial charge in [0.25, 0.3) is 0 Å². The number of carboxylic acid groups (broad SMARTS) is 1. The van der Waals surface area contributed by atoms with Crippen LogP contribution in [-0.4, -0.2) is 99.2 Å². The Morgan fingerprint density at radius 1 is 1.06 bits per heavy atom. The lowest BCUT2D eigenvalue weighted by Gasteiger charge is -2.31. The number of aliphatic hydroxyl groups excluding tert-OH is 1. The maximum Gasteiger partial charge on any atom is 0.407 e. The van der Waals surface area contributed by atoms with E-state index in [0.717, 1.165) is 5.56 Å². The van der Waals surface area contributed by atoms with Crippen LogP contribution in [0.3, 0.4) is 0 Å². The Morgan fingerprint density at radius 3 is 2.57 bits per heavy atom. The number of rotatable bonds is 16. The van der Waals surface area contributed by atoms with Crippen LogP contribution in [0, 0.1) is 11.8 Å². The van der Waals surface area contributed by atoms with Crippen molar-refractivity contribution in [2.75, 3.05) is 39.7 Å². The first-order valence-electron chi connectivity index (χ1n) is 15.7. The van der Waals surface area contributed by atoms with Crippen molar-refractivity contribution in [3.05, 3.63) is 48.0 Å². The molecule has 0 aliphatic carbocycles. The van der Waals surface area contributed by atoms with Crippen LogP contribution in [0.1, 0.15) is 38.7 Å². The van der Waals surface area contributed by atoms with Gasteiger partial charge in [-0.2, -0.15) is 4.31 Å². The molecule has 5 rings (SSSR count). The first-order valence-corrected chi connectivity index (χ1v) is 17.2. The number of sulfonamides is 1. The van der Waals surface area contributed by atoms with Crippen LogP contribution < -0.4 is 19.5 Å². The van der Waals surface area contributed by atoms with Gasteiger partial charge in [0.05, 0.1) is 42.8 Å². The van der Waals surface area contributed by atoms with Crippen LogP contribution in [0.25, 0.3) is 0 Å². The summed E-state index contributed by atoms with van der Waals surface area (Å²) >= 11 is 0. The van der Waals surface area contributed by atoms with Gasteiger partial charge in [-0.1, -0.05) is 26.0 Å². The van der Waals surface area contributed by atoms with Gasteiger partial charge in [0.15, 0.2) is 17.8 Å². The number of nitrogens with one attached hydrogen (secondary N) is 1. The summed E-state index contributed by atoms with van der Waals surface area (Å²) in [6.07, 6.45) is -1.82. The second-order valence-electron chi connectivity index (χ2n) is 12.2. The highest BCUT2D eigenvalue weighted by Crippen LogP contribution is 2.35. The van der Waals surface area contributed by atoms with Gasteiger partial charge in [-0.15, -0.1) is 0 Å². The highest BCUT2D eigenvalue weighted by atomic mass is 32.2. The number of carbonyl (C=O) groups excluding carboxylic acids is 1. The minimum absolute atomic E-state index is 0.000950. The molecular weight excluding hydrogens is 636 g/mol. The van der Waals surface area contributed by atoms with E-state index >= 15 is 0 Å². The molecule has 3 heterocycles. The van der Waals surface area contributed by atoms with E-state index in [1.54, 1.807) is 24.3 Å². The van der Waals surface area contributed by atoms with Crippen molar-refractivity contribution in [2.45, 2.75) is 69.0 Å². The molecule has 2 aromatic rings. The van der Waals surface area contributed by atoms with Gasteiger partial charge < -0.3 is 44.0 Å². The van der Waals surface area contributed by atoms with Crippen molar-refractivity contribution in [1.29, 1.82) is 0 Å². The van der Waals surface area contributed by atoms with Gasteiger partial charge in [-0.3, -0.25) is 4.79 Å². The molecule has 0 bridgehead atoms. The Kier molecular flexibility index (Phi) is 11.5. The Morgan fingerprint density at radius 2 is 1.83 bits per heavy atom. The minimum Gasteiger partial charge on any atom is -0.494 e. The Balaban J connectivity index is 1.31. The average Bonchev–Trinajstić information content (AvgIpc) is 3.78. The molecule has 2 saturated heterocycles. The zero-order valence-corrected chi connectivity index (χ0v) is 27.2. The van der Waals surface area contributed by atoms with E-state index in [9.17, 15) is 23.1 Å². The van der Waals surface area contributed by atoms with Crippen molar-refractivity contribution < 1.29 is 56.6 Å².